The zero-order chi connectivity index (χ0) is 32.0. The summed E-state index contributed by atoms with van der Waals surface area (Å²) in [7, 11) is 1.52. The minimum absolute atomic E-state index is 0.114. The first-order valence-corrected chi connectivity index (χ1v) is 15.2. The fourth-order valence-corrected chi connectivity index (χ4v) is 5.14. The number of halogens is 2. The number of carbonyl (C=O) groups is 2. The van der Waals surface area contributed by atoms with E-state index in [0.717, 1.165) is 31.2 Å². The molecule has 9 nitrogen and oxygen atoms in total. The molecule has 5 rings (SSSR count). The Kier molecular flexibility index (Phi) is 10.0. The highest BCUT2D eigenvalue weighted by Gasteiger charge is 2.57. The number of carbonyl (C=O) groups excluding carboxylic acids is 2. The van der Waals surface area contributed by atoms with Crippen molar-refractivity contribution in [1.29, 1.82) is 0 Å². The van der Waals surface area contributed by atoms with Crippen LogP contribution in [0.15, 0.2) is 66.9 Å². The van der Waals surface area contributed by atoms with Crippen LogP contribution in [0.25, 0.3) is 10.9 Å². The SMILES string of the molecule is COc1cc2c(Oc3ccc(N(C(=O)C4(C(N)=O)CC4)c4ccc(F)cc4)cc3F)ccnc2cc1OCCNCCCCS. The number of nitrogens with one attached hydrogen (secondary N) is 1. The number of methoxy groups -OCH3 is 1. The number of anilines is 2. The van der Waals surface area contributed by atoms with Gasteiger partial charge in [-0.2, -0.15) is 12.6 Å². The van der Waals surface area contributed by atoms with Crippen LogP contribution >= 0.6 is 12.6 Å². The number of primary amides is 1. The van der Waals surface area contributed by atoms with Gasteiger partial charge in [-0.15, -0.1) is 0 Å². The first kappa shape index (κ1) is 32.0. The second-order valence-corrected chi connectivity index (χ2v) is 11.1. The smallest absolute Gasteiger partial charge is 0.247 e. The number of nitrogens with two attached hydrogens (primary N) is 1. The molecule has 0 unspecified atom stereocenters. The van der Waals surface area contributed by atoms with E-state index in [9.17, 15) is 14.0 Å². The first-order chi connectivity index (χ1) is 21.8. The van der Waals surface area contributed by atoms with Crippen LogP contribution in [0, 0.1) is 17.0 Å². The van der Waals surface area contributed by atoms with E-state index in [1.54, 1.807) is 18.2 Å². The second kappa shape index (κ2) is 14.1. The van der Waals surface area contributed by atoms with E-state index in [1.807, 2.05) is 0 Å². The number of unbranched alkanes of at least 4 members (excludes halogenated alkanes) is 1. The van der Waals surface area contributed by atoms with E-state index in [0.29, 0.717) is 41.3 Å². The zero-order valence-electron chi connectivity index (χ0n) is 24.7. The number of pyridine rings is 1. The molecule has 0 saturated heterocycles. The molecule has 1 aliphatic carbocycles. The number of ether oxygens (including phenoxy) is 3. The number of thiol groups is 1. The summed E-state index contributed by atoms with van der Waals surface area (Å²) in [5.74, 6) is -0.606. The van der Waals surface area contributed by atoms with Crippen molar-refractivity contribution in [1.82, 2.24) is 10.3 Å². The van der Waals surface area contributed by atoms with E-state index >= 15 is 4.39 Å². The molecule has 0 radical (unpaired) electrons. The standard InChI is InChI=1S/C33H34F2N4O5S/c1-42-29-19-24-26(20-30(29)43-16-15-37-13-2-3-17-45)38-14-10-27(24)44-28-9-8-23(18-25(28)35)39(22-6-4-21(34)5-7-22)32(41)33(11-12-33)31(36)40/h4-10,14,18-20,37,45H,2-3,11-13,15-17H2,1H3,(H2,36,40). The third-order valence-electron chi connectivity index (χ3n) is 7.60. The average Bonchev–Trinajstić information content (AvgIpc) is 3.85. The monoisotopic (exact) mass is 636 g/mol. The molecule has 1 fully saturated rings. The lowest BCUT2D eigenvalue weighted by Gasteiger charge is -2.26. The Balaban J connectivity index is 1.38. The molecule has 0 bridgehead atoms. The number of hydrogen-bond donors (Lipinski definition) is 3. The van der Waals surface area contributed by atoms with Gasteiger partial charge < -0.3 is 25.3 Å². The van der Waals surface area contributed by atoms with Gasteiger partial charge in [-0.1, -0.05) is 0 Å². The highest BCUT2D eigenvalue weighted by atomic mass is 32.1. The topological polar surface area (TPSA) is 116 Å². The highest BCUT2D eigenvalue weighted by molar-refractivity contribution is 7.80. The normalized spacial score (nSPS) is 13.3. The van der Waals surface area contributed by atoms with Gasteiger partial charge in [0.15, 0.2) is 23.1 Å². The number of rotatable bonds is 15. The Morgan fingerprint density at radius 3 is 2.38 bits per heavy atom. The van der Waals surface area contributed by atoms with Crippen molar-refractivity contribution in [2.45, 2.75) is 25.7 Å². The zero-order valence-corrected chi connectivity index (χ0v) is 25.6. The minimum Gasteiger partial charge on any atom is -0.493 e. The van der Waals surface area contributed by atoms with Crippen LogP contribution in [0.3, 0.4) is 0 Å². The van der Waals surface area contributed by atoms with Crippen molar-refractivity contribution >= 4 is 46.7 Å². The average molecular weight is 637 g/mol. The summed E-state index contributed by atoms with van der Waals surface area (Å²) in [5, 5.41) is 3.89. The summed E-state index contributed by atoms with van der Waals surface area (Å²) in [6.07, 6.45) is 4.19. The van der Waals surface area contributed by atoms with E-state index in [2.05, 4.69) is 22.9 Å². The van der Waals surface area contributed by atoms with E-state index in [1.165, 1.54) is 54.6 Å². The first-order valence-electron chi connectivity index (χ1n) is 14.6. The molecule has 1 aromatic heterocycles. The van der Waals surface area contributed by atoms with Crippen LogP contribution in [-0.4, -0.2) is 49.4 Å². The van der Waals surface area contributed by atoms with Gasteiger partial charge in [0.05, 0.1) is 18.3 Å². The van der Waals surface area contributed by atoms with E-state index < -0.39 is 28.9 Å². The van der Waals surface area contributed by atoms with Gasteiger partial charge in [0.2, 0.25) is 11.8 Å². The van der Waals surface area contributed by atoms with Gasteiger partial charge in [0.1, 0.15) is 23.6 Å². The summed E-state index contributed by atoms with van der Waals surface area (Å²) in [6, 6.07) is 14.1. The number of hydrogen-bond acceptors (Lipinski definition) is 8. The lowest BCUT2D eigenvalue weighted by Crippen LogP contribution is -2.41. The molecule has 236 valence electrons. The molecule has 12 heteroatoms. The van der Waals surface area contributed by atoms with Crippen LogP contribution in [0.2, 0.25) is 0 Å². The molecule has 0 aliphatic heterocycles. The summed E-state index contributed by atoms with van der Waals surface area (Å²) < 4.78 is 46.8. The third-order valence-corrected chi connectivity index (χ3v) is 7.91. The quantitative estimate of drug-likeness (QED) is 0.0843. The van der Waals surface area contributed by atoms with Gasteiger partial charge in [0.25, 0.3) is 0 Å². The molecular weight excluding hydrogens is 602 g/mol. The van der Waals surface area contributed by atoms with Crippen LogP contribution < -0.4 is 30.2 Å². The molecule has 3 N–H and O–H groups in total. The fraction of sp³-hybridized carbons (Fsp3) is 0.303. The molecular formula is C33H34F2N4O5S. The number of fused-ring (bicyclic) bond motifs is 1. The number of amides is 2. The molecule has 2 amide bonds. The van der Waals surface area contributed by atoms with Crippen molar-refractivity contribution in [3.63, 3.8) is 0 Å². The molecule has 0 spiro atoms. The summed E-state index contributed by atoms with van der Waals surface area (Å²) in [4.78, 5) is 31.3. The number of nitrogens with zero attached hydrogens (tertiary/aromatic N) is 2. The molecule has 45 heavy (non-hydrogen) atoms. The van der Waals surface area contributed by atoms with E-state index in [4.69, 9.17) is 19.9 Å². The van der Waals surface area contributed by atoms with Crippen LogP contribution in [0.1, 0.15) is 25.7 Å². The Morgan fingerprint density at radius 1 is 0.956 bits per heavy atom. The van der Waals surface area contributed by atoms with Crippen molar-refractivity contribution in [2.24, 2.45) is 11.1 Å². The molecule has 4 aromatic rings. The lowest BCUT2D eigenvalue weighted by atomic mass is 10.0. The predicted octanol–water partition coefficient (Wildman–Crippen LogP) is 5.92. The second-order valence-electron chi connectivity index (χ2n) is 10.6. The molecule has 1 aliphatic rings. The van der Waals surface area contributed by atoms with Crippen molar-refractivity contribution in [3.05, 3.63) is 78.5 Å². The molecule has 1 saturated carbocycles. The van der Waals surface area contributed by atoms with Crippen LogP contribution in [-0.2, 0) is 9.59 Å². The predicted molar refractivity (Wildman–Crippen MR) is 171 cm³/mol. The molecule has 3 aromatic carbocycles. The van der Waals surface area contributed by atoms with Gasteiger partial charge in [-0.3, -0.25) is 19.5 Å². The fourth-order valence-electron chi connectivity index (χ4n) is 4.92. The summed E-state index contributed by atoms with van der Waals surface area (Å²) in [5.41, 5.74) is 5.10. The Hall–Kier alpha value is -4.42. The highest BCUT2D eigenvalue weighted by Crippen LogP contribution is 2.49. The molecule has 0 atom stereocenters. The Labute approximate surface area is 265 Å². The van der Waals surface area contributed by atoms with Gasteiger partial charge >= 0.3 is 0 Å². The Morgan fingerprint density at radius 2 is 1.71 bits per heavy atom. The number of aromatic nitrogens is 1. The largest absolute Gasteiger partial charge is 0.493 e. The van der Waals surface area contributed by atoms with Crippen molar-refractivity contribution in [3.8, 4) is 23.0 Å². The maximum Gasteiger partial charge on any atom is 0.247 e. The maximum atomic E-state index is 15.6. The summed E-state index contributed by atoms with van der Waals surface area (Å²) >= 11 is 4.22. The Bertz CT molecular complexity index is 1680. The van der Waals surface area contributed by atoms with Crippen LogP contribution in [0.5, 0.6) is 23.0 Å². The van der Waals surface area contributed by atoms with Crippen LogP contribution in [0.4, 0.5) is 20.2 Å². The molecule has 1 heterocycles. The summed E-state index contributed by atoms with van der Waals surface area (Å²) in [6.45, 7) is 1.97. The van der Waals surface area contributed by atoms with E-state index in [-0.39, 0.29) is 30.0 Å². The van der Waals surface area contributed by atoms with Crippen molar-refractivity contribution < 1.29 is 32.6 Å². The van der Waals surface area contributed by atoms with Crippen molar-refractivity contribution in [2.75, 3.05) is 37.5 Å². The lowest BCUT2D eigenvalue weighted by molar-refractivity contribution is -0.133. The van der Waals surface area contributed by atoms with Gasteiger partial charge in [-0.25, -0.2) is 8.78 Å². The van der Waals surface area contributed by atoms with Gasteiger partial charge in [0, 0.05) is 35.9 Å². The van der Waals surface area contributed by atoms with Gasteiger partial charge in [-0.05, 0) is 86.5 Å². The maximum absolute atomic E-state index is 15.6. The number of benzene rings is 3. The minimum atomic E-state index is -1.39. The third kappa shape index (κ3) is 7.12.